The van der Waals surface area contributed by atoms with Gasteiger partial charge in [0.25, 0.3) is 0 Å². The molecule has 0 spiro atoms. The van der Waals surface area contributed by atoms with E-state index in [2.05, 4.69) is 50.0 Å². The molecular weight excluding hydrogens is 336 g/mol. The summed E-state index contributed by atoms with van der Waals surface area (Å²) in [6.45, 7) is 6.18. The summed E-state index contributed by atoms with van der Waals surface area (Å²) >= 11 is 4.92. The van der Waals surface area contributed by atoms with Gasteiger partial charge in [0.05, 0.1) is 4.47 Å². The van der Waals surface area contributed by atoms with Crippen LogP contribution in [0, 0.1) is 5.92 Å². The van der Waals surface area contributed by atoms with E-state index >= 15 is 0 Å². The predicted octanol–water partition coefficient (Wildman–Crippen LogP) is 3.53. The molecule has 0 aliphatic heterocycles. The second-order valence-corrected chi connectivity index (χ2v) is 6.60. The minimum Gasteiger partial charge on any atom is -0.312 e. The standard InChI is InChI=1S/C14H17BrN4S/c1-10(2)6-16-7-11-8-18-14(19-9-11)20-13-12(15)4-3-5-17-13/h3-5,8-10,16H,6-7H2,1-2H3. The van der Waals surface area contributed by atoms with Crippen molar-refractivity contribution in [3.8, 4) is 0 Å². The second-order valence-electron chi connectivity index (χ2n) is 4.79. The van der Waals surface area contributed by atoms with Crippen LogP contribution in [0.15, 0.2) is 45.4 Å². The summed E-state index contributed by atoms with van der Waals surface area (Å²) in [7, 11) is 0. The summed E-state index contributed by atoms with van der Waals surface area (Å²) in [6, 6.07) is 3.85. The first kappa shape index (κ1) is 15.4. The van der Waals surface area contributed by atoms with E-state index in [0.717, 1.165) is 28.2 Å². The summed E-state index contributed by atoms with van der Waals surface area (Å²) < 4.78 is 0.955. The van der Waals surface area contributed by atoms with Crippen molar-refractivity contribution in [2.75, 3.05) is 6.54 Å². The number of pyridine rings is 1. The highest BCUT2D eigenvalue weighted by molar-refractivity contribution is 9.10. The zero-order chi connectivity index (χ0) is 14.4. The molecule has 0 aromatic carbocycles. The summed E-state index contributed by atoms with van der Waals surface area (Å²) in [6.07, 6.45) is 5.48. The van der Waals surface area contributed by atoms with Gasteiger partial charge < -0.3 is 5.32 Å². The minimum absolute atomic E-state index is 0.646. The normalized spacial score (nSPS) is 11.0. The summed E-state index contributed by atoms with van der Waals surface area (Å²) in [5.41, 5.74) is 1.09. The Morgan fingerprint density at radius 3 is 2.65 bits per heavy atom. The Morgan fingerprint density at radius 2 is 2.00 bits per heavy atom. The Morgan fingerprint density at radius 1 is 1.25 bits per heavy atom. The second kappa shape index (κ2) is 7.71. The lowest BCUT2D eigenvalue weighted by atomic mass is 10.2. The smallest absolute Gasteiger partial charge is 0.193 e. The van der Waals surface area contributed by atoms with E-state index in [1.165, 1.54) is 11.8 Å². The van der Waals surface area contributed by atoms with E-state index in [0.29, 0.717) is 11.1 Å². The van der Waals surface area contributed by atoms with Gasteiger partial charge in [-0.1, -0.05) is 13.8 Å². The Balaban J connectivity index is 1.93. The fourth-order valence-corrected chi connectivity index (χ4v) is 2.69. The number of rotatable bonds is 6. The van der Waals surface area contributed by atoms with Crippen LogP contribution >= 0.6 is 27.7 Å². The van der Waals surface area contributed by atoms with E-state index in [1.54, 1.807) is 6.20 Å². The van der Waals surface area contributed by atoms with Crippen molar-refractivity contribution in [3.63, 3.8) is 0 Å². The monoisotopic (exact) mass is 352 g/mol. The van der Waals surface area contributed by atoms with E-state index in [4.69, 9.17) is 0 Å². The van der Waals surface area contributed by atoms with E-state index in [-0.39, 0.29) is 0 Å². The molecule has 0 aliphatic carbocycles. The van der Waals surface area contributed by atoms with Gasteiger partial charge in [0.2, 0.25) is 0 Å². The van der Waals surface area contributed by atoms with Gasteiger partial charge in [-0.25, -0.2) is 15.0 Å². The van der Waals surface area contributed by atoms with Crippen LogP contribution in [0.1, 0.15) is 19.4 Å². The molecule has 2 rings (SSSR count). The van der Waals surface area contributed by atoms with Crippen molar-refractivity contribution in [3.05, 3.63) is 40.8 Å². The highest BCUT2D eigenvalue weighted by Crippen LogP contribution is 2.28. The molecule has 6 heteroatoms. The van der Waals surface area contributed by atoms with Crippen LogP contribution in [0.4, 0.5) is 0 Å². The molecule has 0 atom stereocenters. The molecule has 0 saturated carbocycles. The van der Waals surface area contributed by atoms with Crippen LogP contribution in [0.2, 0.25) is 0 Å². The SMILES string of the molecule is CC(C)CNCc1cnc(Sc2ncccc2Br)nc1. The fraction of sp³-hybridized carbons (Fsp3) is 0.357. The third-order valence-corrected chi connectivity index (χ3v) is 4.29. The highest BCUT2D eigenvalue weighted by atomic mass is 79.9. The van der Waals surface area contributed by atoms with Crippen LogP contribution < -0.4 is 5.32 Å². The number of hydrogen-bond acceptors (Lipinski definition) is 5. The van der Waals surface area contributed by atoms with Crippen LogP contribution in [0.5, 0.6) is 0 Å². The fourth-order valence-electron chi connectivity index (χ4n) is 1.52. The average Bonchev–Trinajstić information content (AvgIpc) is 2.43. The van der Waals surface area contributed by atoms with Gasteiger partial charge in [0.15, 0.2) is 5.16 Å². The lowest BCUT2D eigenvalue weighted by molar-refractivity contribution is 0.550. The molecule has 0 saturated heterocycles. The first-order valence-corrected chi connectivity index (χ1v) is 8.06. The molecule has 4 nitrogen and oxygen atoms in total. The van der Waals surface area contributed by atoms with E-state index < -0.39 is 0 Å². The van der Waals surface area contributed by atoms with Crippen LogP contribution in [-0.4, -0.2) is 21.5 Å². The van der Waals surface area contributed by atoms with Gasteiger partial charge in [0.1, 0.15) is 5.03 Å². The summed E-state index contributed by atoms with van der Waals surface area (Å²) in [5.74, 6) is 0.646. The lowest BCUT2D eigenvalue weighted by Crippen LogP contribution is -2.19. The molecule has 2 heterocycles. The summed E-state index contributed by atoms with van der Waals surface area (Å²) in [4.78, 5) is 13.0. The third-order valence-electron chi connectivity index (χ3n) is 2.48. The minimum atomic E-state index is 0.646. The highest BCUT2D eigenvalue weighted by Gasteiger charge is 2.05. The molecule has 0 amide bonds. The average molecular weight is 353 g/mol. The van der Waals surface area contributed by atoms with Gasteiger partial charge in [-0.15, -0.1) is 0 Å². The third kappa shape index (κ3) is 4.85. The van der Waals surface area contributed by atoms with Crippen LogP contribution in [0.25, 0.3) is 0 Å². The molecule has 0 fully saturated rings. The number of halogens is 1. The maximum Gasteiger partial charge on any atom is 0.193 e. The van der Waals surface area contributed by atoms with Gasteiger partial charge >= 0.3 is 0 Å². The van der Waals surface area contributed by atoms with Crippen molar-refractivity contribution in [1.29, 1.82) is 0 Å². The quantitative estimate of drug-likeness (QED) is 0.805. The topological polar surface area (TPSA) is 50.7 Å². The van der Waals surface area contributed by atoms with Crippen molar-refractivity contribution in [1.82, 2.24) is 20.3 Å². The van der Waals surface area contributed by atoms with Crippen molar-refractivity contribution < 1.29 is 0 Å². The molecule has 0 aliphatic rings. The van der Waals surface area contributed by atoms with Gasteiger partial charge in [0, 0.05) is 30.7 Å². The number of aromatic nitrogens is 3. The van der Waals surface area contributed by atoms with Crippen molar-refractivity contribution in [2.24, 2.45) is 5.92 Å². The summed E-state index contributed by atoms with van der Waals surface area (Å²) in [5, 5.41) is 4.95. The first-order chi connectivity index (χ1) is 9.65. The molecule has 20 heavy (non-hydrogen) atoms. The molecule has 0 unspecified atom stereocenters. The number of hydrogen-bond donors (Lipinski definition) is 1. The van der Waals surface area contributed by atoms with Crippen molar-refractivity contribution >= 4 is 27.7 Å². The van der Waals surface area contributed by atoms with E-state index in [9.17, 15) is 0 Å². The Kier molecular flexibility index (Phi) is 5.94. The Hall–Kier alpha value is -0.980. The molecule has 2 aromatic heterocycles. The molecule has 1 N–H and O–H groups in total. The van der Waals surface area contributed by atoms with Crippen LogP contribution in [-0.2, 0) is 6.54 Å². The van der Waals surface area contributed by atoms with Crippen molar-refractivity contribution in [2.45, 2.75) is 30.6 Å². The van der Waals surface area contributed by atoms with E-state index in [1.807, 2.05) is 24.5 Å². The first-order valence-electron chi connectivity index (χ1n) is 6.45. The zero-order valence-corrected chi connectivity index (χ0v) is 13.9. The largest absolute Gasteiger partial charge is 0.312 e. The van der Waals surface area contributed by atoms with Gasteiger partial charge in [-0.2, -0.15) is 0 Å². The molecular formula is C14H17BrN4S. The molecule has 0 bridgehead atoms. The molecule has 106 valence electrons. The number of nitrogens with one attached hydrogen (secondary N) is 1. The zero-order valence-electron chi connectivity index (χ0n) is 11.5. The maximum atomic E-state index is 4.36. The maximum absolute atomic E-state index is 4.36. The number of nitrogens with zero attached hydrogens (tertiary/aromatic N) is 3. The van der Waals surface area contributed by atoms with Gasteiger partial charge in [-0.3, -0.25) is 0 Å². The molecule has 0 radical (unpaired) electrons. The lowest BCUT2D eigenvalue weighted by Gasteiger charge is -2.07. The predicted molar refractivity (Wildman–Crippen MR) is 84.6 cm³/mol. The van der Waals surface area contributed by atoms with Gasteiger partial charge in [-0.05, 0) is 52.3 Å². The Bertz CT molecular complexity index is 545. The van der Waals surface area contributed by atoms with Crippen LogP contribution in [0.3, 0.4) is 0 Å². The molecule has 2 aromatic rings. The Labute approximate surface area is 132 Å².